The minimum Gasteiger partial charge on any atom is -0.384 e. The third kappa shape index (κ3) is 5.02. The summed E-state index contributed by atoms with van der Waals surface area (Å²) in [4.78, 5) is 25.2. The van der Waals surface area contributed by atoms with E-state index in [4.69, 9.17) is 4.52 Å². The Kier molecular flexibility index (Phi) is 5.45. The van der Waals surface area contributed by atoms with Gasteiger partial charge in [-0.1, -0.05) is 0 Å². The van der Waals surface area contributed by atoms with Crippen molar-refractivity contribution in [2.75, 3.05) is 19.6 Å². The van der Waals surface area contributed by atoms with Crippen LogP contribution in [-0.2, 0) is 11.2 Å². The van der Waals surface area contributed by atoms with Gasteiger partial charge in [0.15, 0.2) is 0 Å². The quantitative estimate of drug-likeness (QED) is 0.864. The first-order chi connectivity index (χ1) is 10.3. The molecule has 0 atom stereocenters. The van der Waals surface area contributed by atoms with Crippen LogP contribution in [0.5, 0.6) is 0 Å². The number of likely N-dealkylation sites (tertiary alicyclic amines) is 1. The smallest absolute Gasteiger partial charge is 0.280 e. The number of piperidine rings is 1. The van der Waals surface area contributed by atoms with Gasteiger partial charge in [-0.3, -0.25) is 14.5 Å². The largest absolute Gasteiger partial charge is 0.384 e. The third-order valence-electron chi connectivity index (χ3n) is 4.32. The monoisotopic (exact) mass is 309 g/mol. The molecule has 0 aromatic carbocycles. The first kappa shape index (κ1) is 16.8. The summed E-state index contributed by atoms with van der Waals surface area (Å²) >= 11 is 0. The van der Waals surface area contributed by atoms with Crippen LogP contribution in [0.15, 0.2) is 15.4 Å². The molecule has 1 aromatic rings. The summed E-state index contributed by atoms with van der Waals surface area (Å²) in [7, 11) is 0. The highest BCUT2D eigenvalue weighted by Gasteiger charge is 2.26. The van der Waals surface area contributed by atoms with Gasteiger partial charge in [-0.2, -0.15) is 5.16 Å². The van der Waals surface area contributed by atoms with E-state index in [1.165, 1.54) is 6.07 Å². The van der Waals surface area contributed by atoms with Crippen LogP contribution in [0.1, 0.15) is 45.8 Å². The molecule has 1 aliphatic rings. The molecule has 0 saturated carbocycles. The number of amides is 1. The summed E-state index contributed by atoms with van der Waals surface area (Å²) in [5.74, 6) is 1.11. The molecule has 124 valence electrons. The van der Waals surface area contributed by atoms with Crippen molar-refractivity contribution >= 4 is 5.91 Å². The molecule has 6 nitrogen and oxygen atoms in total. The Balaban J connectivity index is 1.64. The lowest BCUT2D eigenvalue weighted by Crippen LogP contribution is -2.47. The molecule has 2 rings (SSSR count). The van der Waals surface area contributed by atoms with Crippen LogP contribution in [0.25, 0.3) is 0 Å². The molecule has 1 aromatic heterocycles. The van der Waals surface area contributed by atoms with E-state index in [1.807, 2.05) is 0 Å². The molecule has 6 heteroatoms. The van der Waals surface area contributed by atoms with Gasteiger partial charge >= 0.3 is 0 Å². The number of nitrogens with one attached hydrogen (secondary N) is 2. The summed E-state index contributed by atoms with van der Waals surface area (Å²) in [5, 5.41) is 5.22. The lowest BCUT2D eigenvalue weighted by atomic mass is 9.93. The summed E-state index contributed by atoms with van der Waals surface area (Å²) < 4.78 is 4.93. The van der Waals surface area contributed by atoms with E-state index < -0.39 is 0 Å². The molecule has 0 spiro atoms. The second kappa shape index (κ2) is 7.13. The Hall–Kier alpha value is -1.56. The Morgan fingerprint density at radius 3 is 2.64 bits per heavy atom. The molecule has 2 heterocycles. The fourth-order valence-electron chi connectivity index (χ4n) is 2.84. The summed E-state index contributed by atoms with van der Waals surface area (Å²) in [6.07, 6.45) is 3.06. The highest BCUT2D eigenvalue weighted by atomic mass is 16.5. The predicted molar refractivity (Wildman–Crippen MR) is 84.7 cm³/mol. The maximum atomic E-state index is 11.8. The molecular formula is C16H27N3O3. The van der Waals surface area contributed by atoms with Crippen LogP contribution in [0, 0.1) is 5.92 Å². The van der Waals surface area contributed by atoms with Gasteiger partial charge < -0.3 is 9.84 Å². The number of rotatable bonds is 5. The van der Waals surface area contributed by atoms with Gasteiger partial charge in [-0.25, -0.2) is 0 Å². The number of carbonyl (C=O) groups is 1. The summed E-state index contributed by atoms with van der Waals surface area (Å²) in [5.41, 5.74) is -0.0321. The van der Waals surface area contributed by atoms with Crippen LogP contribution in [0.2, 0.25) is 0 Å². The van der Waals surface area contributed by atoms with Crippen LogP contribution < -0.4 is 10.9 Å². The number of aromatic amines is 1. The average molecular weight is 309 g/mol. The Morgan fingerprint density at radius 1 is 1.41 bits per heavy atom. The Morgan fingerprint density at radius 2 is 2.09 bits per heavy atom. The van der Waals surface area contributed by atoms with Crippen molar-refractivity contribution in [1.29, 1.82) is 0 Å². The van der Waals surface area contributed by atoms with Crippen LogP contribution in [0.4, 0.5) is 0 Å². The van der Waals surface area contributed by atoms with Gasteiger partial charge in [0.1, 0.15) is 5.76 Å². The Bertz CT molecular complexity index is 533. The molecule has 0 radical (unpaired) electrons. The zero-order valence-corrected chi connectivity index (χ0v) is 13.8. The van der Waals surface area contributed by atoms with Gasteiger partial charge in [0.2, 0.25) is 5.91 Å². The van der Waals surface area contributed by atoms with E-state index >= 15 is 0 Å². The van der Waals surface area contributed by atoms with Crippen molar-refractivity contribution in [2.45, 2.75) is 52.0 Å². The van der Waals surface area contributed by atoms with E-state index in [1.54, 1.807) is 0 Å². The highest BCUT2D eigenvalue weighted by molar-refractivity contribution is 5.76. The average Bonchev–Trinajstić information content (AvgIpc) is 2.88. The summed E-state index contributed by atoms with van der Waals surface area (Å²) in [6, 6.07) is 1.38. The zero-order valence-electron chi connectivity index (χ0n) is 13.8. The van der Waals surface area contributed by atoms with Gasteiger partial charge in [-0.05, 0) is 52.6 Å². The number of hydrogen-bond acceptors (Lipinski definition) is 4. The zero-order chi connectivity index (χ0) is 16.2. The molecule has 1 fully saturated rings. The van der Waals surface area contributed by atoms with E-state index in [2.05, 4.69) is 36.1 Å². The molecule has 0 aliphatic carbocycles. The number of aryl methyl sites for hydroxylation is 1. The van der Waals surface area contributed by atoms with Crippen molar-refractivity contribution in [3.8, 4) is 0 Å². The number of aromatic nitrogens is 1. The molecule has 0 unspecified atom stereocenters. The molecule has 1 amide bonds. The fourth-order valence-corrected chi connectivity index (χ4v) is 2.84. The first-order valence-corrected chi connectivity index (χ1v) is 8.04. The standard InChI is InChI=1S/C16H27N3O3/c1-16(2,3)19-8-6-12(7-9-19)11-17-14(20)5-4-13-10-15(21)18-22-13/h10,12H,4-9,11H2,1-3H3,(H,17,20)(H,18,21). The normalized spacial score (nSPS) is 17.6. The van der Waals surface area contributed by atoms with Crippen LogP contribution in [0.3, 0.4) is 0 Å². The minimum atomic E-state index is -0.263. The number of nitrogens with zero attached hydrogens (tertiary/aromatic N) is 1. The van der Waals surface area contributed by atoms with Crippen molar-refractivity contribution in [3.05, 3.63) is 22.2 Å². The lowest BCUT2D eigenvalue weighted by molar-refractivity contribution is -0.121. The molecule has 1 saturated heterocycles. The van der Waals surface area contributed by atoms with Crippen LogP contribution in [-0.4, -0.2) is 41.1 Å². The lowest BCUT2D eigenvalue weighted by Gasteiger charge is -2.40. The number of hydrogen-bond donors (Lipinski definition) is 2. The number of carbonyl (C=O) groups excluding carboxylic acids is 1. The van der Waals surface area contributed by atoms with Crippen molar-refractivity contribution < 1.29 is 9.32 Å². The van der Waals surface area contributed by atoms with Crippen molar-refractivity contribution in [2.24, 2.45) is 5.92 Å². The molecular weight excluding hydrogens is 282 g/mol. The second-order valence-corrected chi connectivity index (χ2v) is 7.08. The third-order valence-corrected chi connectivity index (χ3v) is 4.32. The predicted octanol–water partition coefficient (Wildman–Crippen LogP) is 1.53. The minimum absolute atomic E-state index is 0.0158. The first-order valence-electron chi connectivity index (χ1n) is 8.04. The van der Waals surface area contributed by atoms with Crippen molar-refractivity contribution in [1.82, 2.24) is 15.4 Å². The molecule has 1 aliphatic heterocycles. The fraction of sp³-hybridized carbons (Fsp3) is 0.750. The highest BCUT2D eigenvalue weighted by Crippen LogP contribution is 2.23. The second-order valence-electron chi connectivity index (χ2n) is 7.08. The van der Waals surface area contributed by atoms with Crippen LogP contribution >= 0.6 is 0 Å². The van der Waals surface area contributed by atoms with E-state index in [0.717, 1.165) is 32.5 Å². The van der Waals surface area contributed by atoms with Gasteiger partial charge in [0.05, 0.1) is 0 Å². The Labute approximate surface area is 131 Å². The topological polar surface area (TPSA) is 78.3 Å². The number of H-pyrrole nitrogens is 1. The van der Waals surface area contributed by atoms with E-state index in [-0.39, 0.29) is 17.0 Å². The molecule has 2 N–H and O–H groups in total. The van der Waals surface area contributed by atoms with Crippen molar-refractivity contribution in [3.63, 3.8) is 0 Å². The molecule has 0 bridgehead atoms. The van der Waals surface area contributed by atoms with E-state index in [0.29, 0.717) is 24.5 Å². The SMILES string of the molecule is CC(C)(C)N1CCC(CNC(=O)CCc2cc(=O)[nH]o2)CC1. The van der Waals surface area contributed by atoms with E-state index in [9.17, 15) is 9.59 Å². The summed E-state index contributed by atoms with van der Waals surface area (Å²) in [6.45, 7) is 9.67. The molecule has 22 heavy (non-hydrogen) atoms. The van der Waals surface area contributed by atoms with Gasteiger partial charge in [0.25, 0.3) is 5.56 Å². The maximum Gasteiger partial charge on any atom is 0.280 e. The van der Waals surface area contributed by atoms with Gasteiger partial charge in [-0.15, -0.1) is 0 Å². The van der Waals surface area contributed by atoms with Gasteiger partial charge in [0, 0.05) is 31.0 Å². The maximum absolute atomic E-state index is 11.8.